The minimum atomic E-state index is -3.66. The minimum absolute atomic E-state index is 0.335. The van der Waals surface area contributed by atoms with Crippen LogP contribution >= 0.6 is 10.7 Å². The molecule has 5 nitrogen and oxygen atoms in total. The first-order valence-corrected chi connectivity index (χ1v) is 7.10. The molecule has 0 aliphatic heterocycles. The van der Waals surface area contributed by atoms with Gasteiger partial charge in [0.25, 0.3) is 0 Å². The van der Waals surface area contributed by atoms with E-state index < -0.39 is 9.05 Å². The second-order valence-corrected chi connectivity index (χ2v) is 5.98. The van der Waals surface area contributed by atoms with E-state index in [2.05, 4.69) is 0 Å². The normalized spacial score (nSPS) is 11.1. The predicted octanol–water partition coefficient (Wildman–Crippen LogP) is 1.78. The zero-order chi connectivity index (χ0) is 13.1. The molecule has 0 saturated heterocycles. The first-order valence-electron chi connectivity index (χ1n) is 4.62. The van der Waals surface area contributed by atoms with Crippen molar-refractivity contribution in [3.05, 3.63) is 17.7 Å². The van der Waals surface area contributed by atoms with Crippen molar-refractivity contribution < 1.29 is 22.6 Å². The van der Waals surface area contributed by atoms with Crippen LogP contribution in [-0.4, -0.2) is 29.7 Å². The molecular formula is C10H13ClO5S. The van der Waals surface area contributed by atoms with Gasteiger partial charge in [-0.05, 0) is 6.07 Å². The van der Waals surface area contributed by atoms with Gasteiger partial charge in [-0.15, -0.1) is 0 Å². The summed E-state index contributed by atoms with van der Waals surface area (Å²) in [5.41, 5.74) is 0.417. The second kappa shape index (κ2) is 5.46. The Morgan fingerprint density at radius 2 is 1.47 bits per heavy atom. The number of hydrogen-bond acceptors (Lipinski definition) is 5. The lowest BCUT2D eigenvalue weighted by Crippen LogP contribution is -2.01. The van der Waals surface area contributed by atoms with Crippen LogP contribution in [0.3, 0.4) is 0 Å². The van der Waals surface area contributed by atoms with Crippen molar-refractivity contribution in [2.24, 2.45) is 0 Å². The van der Waals surface area contributed by atoms with Gasteiger partial charge < -0.3 is 14.2 Å². The van der Waals surface area contributed by atoms with Gasteiger partial charge in [0.05, 0.1) is 27.1 Å². The highest BCUT2D eigenvalue weighted by molar-refractivity contribution is 8.13. The molecule has 0 radical (unpaired) electrons. The molecule has 0 amide bonds. The molecule has 0 aliphatic carbocycles. The highest BCUT2D eigenvalue weighted by atomic mass is 35.7. The Morgan fingerprint density at radius 1 is 1.00 bits per heavy atom. The van der Waals surface area contributed by atoms with Crippen molar-refractivity contribution >= 4 is 19.7 Å². The van der Waals surface area contributed by atoms with E-state index in [1.807, 2.05) is 0 Å². The Labute approximate surface area is 105 Å². The lowest BCUT2D eigenvalue weighted by Gasteiger charge is -2.13. The Kier molecular flexibility index (Phi) is 4.47. The van der Waals surface area contributed by atoms with Crippen LogP contribution in [0.25, 0.3) is 0 Å². The Morgan fingerprint density at radius 3 is 1.88 bits per heavy atom. The SMILES string of the molecule is COc1cc(OC)c(OC)cc1CS(=O)(=O)Cl. The summed E-state index contributed by atoms with van der Waals surface area (Å²) in [6.07, 6.45) is 0. The molecule has 0 unspecified atom stereocenters. The highest BCUT2D eigenvalue weighted by Crippen LogP contribution is 2.35. The first-order chi connectivity index (χ1) is 7.91. The number of halogens is 1. The van der Waals surface area contributed by atoms with Gasteiger partial charge in [-0.25, -0.2) is 8.42 Å². The average Bonchev–Trinajstić information content (AvgIpc) is 2.26. The van der Waals surface area contributed by atoms with Crippen molar-refractivity contribution in [3.8, 4) is 17.2 Å². The van der Waals surface area contributed by atoms with Gasteiger partial charge in [0.15, 0.2) is 11.5 Å². The van der Waals surface area contributed by atoms with Gasteiger partial charge in [-0.3, -0.25) is 0 Å². The fourth-order valence-electron chi connectivity index (χ4n) is 1.39. The van der Waals surface area contributed by atoms with Crippen molar-refractivity contribution in [1.82, 2.24) is 0 Å². The van der Waals surface area contributed by atoms with Gasteiger partial charge in [-0.2, -0.15) is 0 Å². The third kappa shape index (κ3) is 3.67. The van der Waals surface area contributed by atoms with Gasteiger partial charge in [0.1, 0.15) is 5.75 Å². The zero-order valence-corrected chi connectivity index (χ0v) is 11.3. The van der Waals surface area contributed by atoms with Crippen molar-refractivity contribution in [2.45, 2.75) is 5.75 Å². The van der Waals surface area contributed by atoms with Crippen molar-refractivity contribution in [3.63, 3.8) is 0 Å². The third-order valence-corrected chi connectivity index (χ3v) is 3.10. The molecule has 1 rings (SSSR count). The van der Waals surface area contributed by atoms with Crippen LogP contribution in [0, 0.1) is 0 Å². The smallest absolute Gasteiger partial charge is 0.236 e. The molecule has 1 aromatic rings. The maximum absolute atomic E-state index is 11.1. The lowest BCUT2D eigenvalue weighted by atomic mass is 10.2. The highest BCUT2D eigenvalue weighted by Gasteiger charge is 2.16. The van der Waals surface area contributed by atoms with Crippen LogP contribution in [-0.2, 0) is 14.8 Å². The molecule has 0 spiro atoms. The first kappa shape index (κ1) is 13.9. The van der Waals surface area contributed by atoms with Crippen LogP contribution < -0.4 is 14.2 Å². The van der Waals surface area contributed by atoms with Crippen LogP contribution in [0.4, 0.5) is 0 Å². The molecule has 0 bridgehead atoms. The molecule has 0 fully saturated rings. The average molecular weight is 281 g/mol. The van der Waals surface area contributed by atoms with Crippen LogP contribution in [0.1, 0.15) is 5.56 Å². The second-order valence-electron chi connectivity index (χ2n) is 3.20. The third-order valence-electron chi connectivity index (χ3n) is 2.11. The number of rotatable bonds is 5. The summed E-state index contributed by atoms with van der Waals surface area (Å²) in [5, 5.41) is 0. The number of benzene rings is 1. The van der Waals surface area contributed by atoms with Crippen molar-refractivity contribution in [1.29, 1.82) is 0 Å². The standard InChI is InChI=1S/C10H13ClO5S/c1-14-8-5-10(16-3)9(15-2)4-7(8)6-17(11,12)13/h4-5H,6H2,1-3H3. The van der Waals surface area contributed by atoms with Crippen LogP contribution in [0.15, 0.2) is 12.1 Å². The van der Waals surface area contributed by atoms with Gasteiger partial charge in [0.2, 0.25) is 9.05 Å². The molecular weight excluding hydrogens is 268 g/mol. The number of hydrogen-bond donors (Lipinski definition) is 0. The maximum atomic E-state index is 11.1. The van der Waals surface area contributed by atoms with E-state index in [0.29, 0.717) is 22.8 Å². The fraction of sp³-hybridized carbons (Fsp3) is 0.400. The van der Waals surface area contributed by atoms with E-state index in [-0.39, 0.29) is 5.75 Å². The fourth-order valence-corrected chi connectivity index (χ4v) is 2.34. The molecule has 0 N–H and O–H groups in total. The van der Waals surface area contributed by atoms with Crippen molar-refractivity contribution in [2.75, 3.05) is 21.3 Å². The molecule has 96 valence electrons. The molecule has 0 aromatic heterocycles. The zero-order valence-electron chi connectivity index (χ0n) is 9.69. The topological polar surface area (TPSA) is 61.8 Å². The maximum Gasteiger partial charge on any atom is 0.236 e. The molecule has 0 atom stereocenters. The van der Waals surface area contributed by atoms with Gasteiger partial charge in [0, 0.05) is 22.3 Å². The van der Waals surface area contributed by atoms with E-state index in [1.54, 1.807) is 6.07 Å². The number of ether oxygens (including phenoxy) is 3. The molecule has 1 aromatic carbocycles. The summed E-state index contributed by atoms with van der Waals surface area (Å²) >= 11 is 0. The largest absolute Gasteiger partial charge is 0.496 e. The van der Waals surface area contributed by atoms with E-state index in [9.17, 15) is 8.42 Å². The van der Waals surface area contributed by atoms with Crippen LogP contribution in [0.5, 0.6) is 17.2 Å². The molecule has 7 heteroatoms. The summed E-state index contributed by atoms with van der Waals surface area (Å²) in [6.45, 7) is 0. The minimum Gasteiger partial charge on any atom is -0.496 e. The lowest BCUT2D eigenvalue weighted by molar-refractivity contribution is 0.348. The summed E-state index contributed by atoms with van der Waals surface area (Å²) in [5.74, 6) is 0.925. The Hall–Kier alpha value is -1.14. The van der Waals surface area contributed by atoms with Crippen LogP contribution in [0.2, 0.25) is 0 Å². The Bertz CT molecular complexity index is 498. The van der Waals surface area contributed by atoms with E-state index in [0.717, 1.165) is 0 Å². The monoisotopic (exact) mass is 280 g/mol. The summed E-state index contributed by atoms with van der Waals surface area (Å²) in [4.78, 5) is 0. The van der Waals surface area contributed by atoms with E-state index >= 15 is 0 Å². The van der Waals surface area contributed by atoms with Gasteiger partial charge in [-0.1, -0.05) is 0 Å². The molecule has 0 heterocycles. The number of methoxy groups -OCH3 is 3. The van der Waals surface area contributed by atoms with Gasteiger partial charge >= 0.3 is 0 Å². The molecule has 0 aliphatic rings. The summed E-state index contributed by atoms with van der Waals surface area (Å²) < 4.78 is 37.3. The summed E-state index contributed by atoms with van der Waals surface area (Å²) in [6, 6.07) is 3.08. The Balaban J connectivity index is 3.28. The quantitative estimate of drug-likeness (QED) is 0.770. The van der Waals surface area contributed by atoms with E-state index in [1.165, 1.54) is 27.4 Å². The predicted molar refractivity (Wildman–Crippen MR) is 64.6 cm³/mol. The van der Waals surface area contributed by atoms with E-state index in [4.69, 9.17) is 24.9 Å². The molecule has 17 heavy (non-hydrogen) atoms. The molecule has 0 saturated carbocycles. The summed E-state index contributed by atoms with van der Waals surface area (Å²) in [7, 11) is 5.93.